The van der Waals surface area contributed by atoms with Gasteiger partial charge in [0.25, 0.3) is 11.8 Å². The van der Waals surface area contributed by atoms with Crippen LogP contribution in [0.1, 0.15) is 33.7 Å². The fourth-order valence-corrected chi connectivity index (χ4v) is 3.16. The van der Waals surface area contributed by atoms with E-state index >= 15 is 0 Å². The molecular formula is C21H19N5O3. The van der Waals surface area contributed by atoms with Crippen LogP contribution in [0.15, 0.2) is 60.7 Å². The molecule has 0 atom stereocenters. The number of carbonyl (C=O) groups excluding carboxylic acids is 3. The third-order valence-electron chi connectivity index (χ3n) is 4.70. The molecular weight excluding hydrogens is 370 g/mol. The van der Waals surface area contributed by atoms with Crippen LogP contribution in [0.25, 0.3) is 11.3 Å². The summed E-state index contributed by atoms with van der Waals surface area (Å²) in [6.07, 6.45) is 1.39. The maximum atomic E-state index is 12.3. The lowest BCUT2D eigenvalue weighted by molar-refractivity contribution is -0.117. The predicted octanol–water partition coefficient (Wildman–Crippen LogP) is 2.28. The monoisotopic (exact) mass is 389 g/mol. The van der Waals surface area contributed by atoms with Gasteiger partial charge in [-0.25, -0.2) is 0 Å². The number of H-pyrrole nitrogens is 1. The van der Waals surface area contributed by atoms with Crippen molar-refractivity contribution < 1.29 is 14.4 Å². The van der Waals surface area contributed by atoms with Gasteiger partial charge in [0, 0.05) is 29.8 Å². The first-order valence-electron chi connectivity index (χ1n) is 9.24. The Morgan fingerprint density at radius 3 is 2.38 bits per heavy atom. The van der Waals surface area contributed by atoms with E-state index in [-0.39, 0.29) is 11.6 Å². The zero-order chi connectivity index (χ0) is 20.2. The van der Waals surface area contributed by atoms with E-state index in [0.29, 0.717) is 24.2 Å². The quantitative estimate of drug-likeness (QED) is 0.595. The first-order valence-corrected chi connectivity index (χ1v) is 9.24. The number of nitrogens with zero attached hydrogens (tertiary/aromatic N) is 2. The van der Waals surface area contributed by atoms with Crippen LogP contribution in [0.2, 0.25) is 0 Å². The number of hydrogen-bond acceptors (Lipinski definition) is 4. The number of hydrogen-bond donors (Lipinski definition) is 3. The van der Waals surface area contributed by atoms with Crippen molar-refractivity contribution in [3.05, 3.63) is 71.9 Å². The van der Waals surface area contributed by atoms with Crippen molar-refractivity contribution >= 4 is 23.4 Å². The number of amides is 3. The normalized spacial score (nSPS) is 13.4. The number of carbonyl (C=O) groups is 3. The Labute approximate surface area is 166 Å². The SMILES string of the molecule is O=C(NNC(=O)c1cc(-c2ccccc2)n[nH]1)c1ccc(N2CCCC2=O)cc1. The largest absolute Gasteiger partial charge is 0.312 e. The van der Waals surface area contributed by atoms with Crippen LogP contribution < -0.4 is 15.8 Å². The van der Waals surface area contributed by atoms with Crippen molar-refractivity contribution in [1.82, 2.24) is 21.0 Å². The fourth-order valence-electron chi connectivity index (χ4n) is 3.16. The van der Waals surface area contributed by atoms with Gasteiger partial charge in [0.05, 0.1) is 5.69 Å². The number of anilines is 1. The maximum Gasteiger partial charge on any atom is 0.287 e. The Bertz CT molecular complexity index is 1040. The topological polar surface area (TPSA) is 107 Å². The van der Waals surface area contributed by atoms with E-state index in [4.69, 9.17) is 0 Å². The summed E-state index contributed by atoms with van der Waals surface area (Å²) in [6.45, 7) is 0.690. The van der Waals surface area contributed by atoms with Crippen LogP contribution in [0.5, 0.6) is 0 Å². The van der Waals surface area contributed by atoms with Crippen molar-refractivity contribution in [1.29, 1.82) is 0 Å². The summed E-state index contributed by atoms with van der Waals surface area (Å²) >= 11 is 0. The van der Waals surface area contributed by atoms with Crippen molar-refractivity contribution in [2.45, 2.75) is 12.8 Å². The van der Waals surface area contributed by atoms with Gasteiger partial charge in [-0.05, 0) is 36.8 Å². The predicted molar refractivity (Wildman–Crippen MR) is 107 cm³/mol. The second kappa shape index (κ2) is 7.97. The van der Waals surface area contributed by atoms with Crippen molar-refractivity contribution in [3.63, 3.8) is 0 Å². The average molecular weight is 389 g/mol. The third kappa shape index (κ3) is 4.01. The van der Waals surface area contributed by atoms with Gasteiger partial charge in [0.2, 0.25) is 5.91 Å². The molecule has 29 heavy (non-hydrogen) atoms. The molecule has 4 rings (SSSR count). The molecule has 0 radical (unpaired) electrons. The van der Waals surface area contributed by atoms with Gasteiger partial charge < -0.3 is 4.90 Å². The molecule has 0 bridgehead atoms. The highest BCUT2D eigenvalue weighted by molar-refractivity contribution is 5.99. The lowest BCUT2D eigenvalue weighted by atomic mass is 10.1. The molecule has 2 aromatic carbocycles. The van der Waals surface area contributed by atoms with Crippen molar-refractivity contribution in [3.8, 4) is 11.3 Å². The van der Waals surface area contributed by atoms with E-state index < -0.39 is 11.8 Å². The number of aromatic nitrogens is 2. The molecule has 3 aromatic rings. The van der Waals surface area contributed by atoms with Crippen molar-refractivity contribution in [2.24, 2.45) is 0 Å². The molecule has 3 N–H and O–H groups in total. The summed E-state index contributed by atoms with van der Waals surface area (Å²) < 4.78 is 0. The fraction of sp³-hybridized carbons (Fsp3) is 0.143. The molecule has 146 valence electrons. The highest BCUT2D eigenvalue weighted by atomic mass is 16.2. The van der Waals surface area contributed by atoms with Crippen LogP contribution in [-0.2, 0) is 4.79 Å². The standard InChI is InChI=1S/C21H19N5O3/c27-19-7-4-12-26(19)16-10-8-15(9-11-16)20(28)24-25-21(29)18-13-17(22-23-18)14-5-2-1-3-6-14/h1-3,5-6,8-11,13H,4,7,12H2,(H,22,23)(H,24,28)(H,25,29). The summed E-state index contributed by atoms with van der Waals surface area (Å²) in [4.78, 5) is 38.0. The maximum absolute atomic E-state index is 12.3. The molecule has 3 amide bonds. The Kier molecular flexibility index (Phi) is 5.07. The molecule has 8 nitrogen and oxygen atoms in total. The first-order chi connectivity index (χ1) is 14.1. The molecule has 0 spiro atoms. The van der Waals surface area contributed by atoms with Gasteiger partial charge in [0.1, 0.15) is 5.69 Å². The third-order valence-corrected chi connectivity index (χ3v) is 4.70. The van der Waals surface area contributed by atoms with E-state index in [2.05, 4.69) is 21.0 Å². The summed E-state index contributed by atoms with van der Waals surface area (Å²) in [6, 6.07) is 17.7. The molecule has 0 aliphatic carbocycles. The van der Waals surface area contributed by atoms with Crippen molar-refractivity contribution in [2.75, 3.05) is 11.4 Å². The minimum atomic E-state index is -0.507. The molecule has 0 unspecified atom stereocenters. The van der Waals surface area contributed by atoms with Crippen LogP contribution in [0.3, 0.4) is 0 Å². The van der Waals surface area contributed by atoms with Gasteiger partial charge in [-0.1, -0.05) is 30.3 Å². The molecule has 1 saturated heterocycles. The highest BCUT2D eigenvalue weighted by Crippen LogP contribution is 2.21. The summed E-state index contributed by atoms with van der Waals surface area (Å²) in [7, 11) is 0. The van der Waals surface area contributed by atoms with E-state index in [1.165, 1.54) is 0 Å². The van der Waals surface area contributed by atoms with E-state index in [0.717, 1.165) is 17.7 Å². The van der Waals surface area contributed by atoms with Crippen LogP contribution in [0.4, 0.5) is 5.69 Å². The Balaban J connectivity index is 1.35. The minimum Gasteiger partial charge on any atom is -0.312 e. The first kappa shape index (κ1) is 18.4. The summed E-state index contributed by atoms with van der Waals surface area (Å²) in [5.74, 6) is -0.878. The van der Waals surface area contributed by atoms with Gasteiger partial charge in [-0.2, -0.15) is 5.10 Å². The average Bonchev–Trinajstić information content (AvgIpc) is 3.42. The molecule has 1 aliphatic heterocycles. The highest BCUT2D eigenvalue weighted by Gasteiger charge is 2.21. The Hall–Kier alpha value is -3.94. The lowest BCUT2D eigenvalue weighted by Gasteiger charge is -2.15. The van der Waals surface area contributed by atoms with Gasteiger partial charge in [-0.15, -0.1) is 0 Å². The van der Waals surface area contributed by atoms with Gasteiger partial charge in [-0.3, -0.25) is 30.3 Å². The molecule has 0 saturated carbocycles. The number of rotatable bonds is 4. The molecule has 2 heterocycles. The molecule has 1 aliphatic rings. The minimum absolute atomic E-state index is 0.0869. The zero-order valence-electron chi connectivity index (χ0n) is 15.5. The van der Waals surface area contributed by atoms with Crippen LogP contribution in [0, 0.1) is 0 Å². The lowest BCUT2D eigenvalue weighted by Crippen LogP contribution is -2.41. The second-order valence-corrected chi connectivity index (χ2v) is 6.64. The smallest absolute Gasteiger partial charge is 0.287 e. The van der Waals surface area contributed by atoms with E-state index in [1.54, 1.807) is 35.2 Å². The number of hydrazine groups is 1. The number of benzene rings is 2. The Morgan fingerprint density at radius 2 is 1.69 bits per heavy atom. The van der Waals surface area contributed by atoms with E-state index in [9.17, 15) is 14.4 Å². The number of aromatic amines is 1. The van der Waals surface area contributed by atoms with Gasteiger partial charge >= 0.3 is 0 Å². The molecule has 1 fully saturated rings. The summed E-state index contributed by atoms with van der Waals surface area (Å²) in [5, 5.41) is 6.78. The zero-order valence-corrected chi connectivity index (χ0v) is 15.5. The molecule has 8 heteroatoms. The molecule has 1 aromatic heterocycles. The summed E-state index contributed by atoms with van der Waals surface area (Å²) in [5.41, 5.74) is 7.62. The van der Waals surface area contributed by atoms with Crippen LogP contribution >= 0.6 is 0 Å². The Morgan fingerprint density at radius 1 is 0.966 bits per heavy atom. The van der Waals surface area contributed by atoms with Crippen LogP contribution in [-0.4, -0.2) is 34.5 Å². The second-order valence-electron chi connectivity index (χ2n) is 6.64. The van der Waals surface area contributed by atoms with Gasteiger partial charge in [0.15, 0.2) is 0 Å². The van der Waals surface area contributed by atoms with E-state index in [1.807, 2.05) is 30.3 Å². The number of nitrogens with one attached hydrogen (secondary N) is 3.